The number of carbonyl (C=O) groups excluding carboxylic acids is 1. The van der Waals surface area contributed by atoms with Gasteiger partial charge in [-0.2, -0.15) is 0 Å². The van der Waals surface area contributed by atoms with Gasteiger partial charge in [0.15, 0.2) is 0 Å². The summed E-state index contributed by atoms with van der Waals surface area (Å²) in [4.78, 5) is 15.6. The zero-order chi connectivity index (χ0) is 15.8. The number of hydrogen-bond donors (Lipinski definition) is 0. The van der Waals surface area contributed by atoms with Crippen LogP contribution in [0.2, 0.25) is 10.0 Å². The summed E-state index contributed by atoms with van der Waals surface area (Å²) in [6.45, 7) is 0.370. The maximum absolute atomic E-state index is 11.6. The number of pyridine rings is 1. The van der Waals surface area contributed by atoms with E-state index >= 15 is 0 Å². The number of aromatic nitrogens is 1. The fourth-order valence-corrected chi connectivity index (χ4v) is 2.22. The third kappa shape index (κ3) is 5.17. The minimum absolute atomic E-state index is 0.370. The van der Waals surface area contributed by atoms with E-state index in [4.69, 9.17) is 27.9 Å². The first-order valence-electron chi connectivity index (χ1n) is 6.84. The number of rotatable bonds is 6. The Hall–Kier alpha value is -1.84. The minimum atomic E-state index is -0.397. The molecular formula is C17H15Cl2NO2. The highest BCUT2D eigenvalue weighted by atomic mass is 35.5. The predicted octanol–water partition coefficient (Wildman–Crippen LogP) is 4.58. The van der Waals surface area contributed by atoms with Crippen LogP contribution in [-0.2, 0) is 16.0 Å². The van der Waals surface area contributed by atoms with Gasteiger partial charge in [-0.15, -0.1) is 0 Å². The molecule has 0 N–H and O–H groups in total. The molecule has 0 aliphatic heterocycles. The molecule has 0 spiro atoms. The number of aryl methyl sites for hydroxylation is 1. The van der Waals surface area contributed by atoms with Crippen molar-refractivity contribution in [2.24, 2.45) is 0 Å². The van der Waals surface area contributed by atoms with E-state index in [1.165, 1.54) is 11.6 Å². The van der Waals surface area contributed by atoms with Gasteiger partial charge in [-0.25, -0.2) is 4.79 Å². The number of esters is 1. The highest BCUT2D eigenvalue weighted by molar-refractivity contribution is 6.42. The second-order valence-electron chi connectivity index (χ2n) is 4.60. The summed E-state index contributed by atoms with van der Waals surface area (Å²) in [6, 6.07) is 9.14. The molecule has 114 valence electrons. The Labute approximate surface area is 139 Å². The van der Waals surface area contributed by atoms with E-state index in [0.29, 0.717) is 22.2 Å². The molecule has 0 radical (unpaired) electrons. The fourth-order valence-electron chi connectivity index (χ4n) is 1.85. The standard InChI is InChI=1S/C17H15Cl2NO2/c18-15-5-1-4-14(17(15)19)6-7-16(21)22-12-2-3-13-8-10-20-11-9-13/h1,4-11H,2-3,12H2/b7-6+. The van der Waals surface area contributed by atoms with Crippen LogP contribution < -0.4 is 0 Å². The lowest BCUT2D eigenvalue weighted by atomic mass is 10.1. The molecule has 2 aromatic rings. The zero-order valence-electron chi connectivity index (χ0n) is 11.8. The molecule has 3 nitrogen and oxygen atoms in total. The van der Waals surface area contributed by atoms with Crippen LogP contribution >= 0.6 is 23.2 Å². The van der Waals surface area contributed by atoms with Gasteiger partial charge in [-0.05, 0) is 48.2 Å². The van der Waals surface area contributed by atoms with Crippen molar-refractivity contribution in [2.45, 2.75) is 12.8 Å². The second kappa shape index (κ2) is 8.57. The van der Waals surface area contributed by atoms with E-state index in [9.17, 15) is 4.79 Å². The molecule has 1 heterocycles. The van der Waals surface area contributed by atoms with Crippen molar-refractivity contribution < 1.29 is 9.53 Å². The number of ether oxygens (including phenoxy) is 1. The number of nitrogens with zero attached hydrogens (tertiary/aromatic N) is 1. The average molecular weight is 336 g/mol. The third-order valence-corrected chi connectivity index (χ3v) is 3.82. The van der Waals surface area contributed by atoms with E-state index < -0.39 is 5.97 Å². The normalized spacial score (nSPS) is 10.8. The molecule has 1 aromatic heterocycles. The largest absolute Gasteiger partial charge is 0.463 e. The molecule has 0 saturated heterocycles. The number of halogens is 2. The van der Waals surface area contributed by atoms with Gasteiger partial charge in [-0.3, -0.25) is 4.98 Å². The molecular weight excluding hydrogens is 321 g/mol. The third-order valence-electron chi connectivity index (χ3n) is 2.98. The van der Waals surface area contributed by atoms with E-state index in [-0.39, 0.29) is 0 Å². The van der Waals surface area contributed by atoms with Gasteiger partial charge in [0.25, 0.3) is 0 Å². The van der Waals surface area contributed by atoms with Crippen molar-refractivity contribution >= 4 is 35.2 Å². The predicted molar refractivity (Wildman–Crippen MR) is 89.0 cm³/mol. The Morgan fingerprint density at radius 1 is 1.18 bits per heavy atom. The first-order chi connectivity index (χ1) is 10.7. The van der Waals surface area contributed by atoms with Crippen LogP contribution in [0.15, 0.2) is 48.8 Å². The van der Waals surface area contributed by atoms with E-state index in [1.807, 2.05) is 12.1 Å². The lowest BCUT2D eigenvalue weighted by Gasteiger charge is -2.03. The van der Waals surface area contributed by atoms with Crippen LogP contribution in [0.4, 0.5) is 0 Å². The Kier molecular flexibility index (Phi) is 6.44. The van der Waals surface area contributed by atoms with Crippen molar-refractivity contribution in [3.63, 3.8) is 0 Å². The van der Waals surface area contributed by atoms with Crippen molar-refractivity contribution in [3.05, 3.63) is 70.0 Å². The molecule has 0 saturated carbocycles. The maximum Gasteiger partial charge on any atom is 0.330 e. The summed E-state index contributed by atoms with van der Waals surface area (Å²) in [6.07, 6.45) is 8.06. The number of hydrogen-bond acceptors (Lipinski definition) is 3. The Morgan fingerprint density at radius 3 is 2.73 bits per heavy atom. The summed E-state index contributed by atoms with van der Waals surface area (Å²) in [5.74, 6) is -0.397. The van der Waals surface area contributed by atoms with Crippen molar-refractivity contribution in [2.75, 3.05) is 6.61 Å². The summed E-state index contributed by atoms with van der Waals surface area (Å²) in [7, 11) is 0. The monoisotopic (exact) mass is 335 g/mol. The number of carbonyl (C=O) groups is 1. The van der Waals surface area contributed by atoms with Gasteiger partial charge in [0.1, 0.15) is 0 Å². The highest BCUT2D eigenvalue weighted by Gasteiger charge is 2.02. The summed E-state index contributed by atoms with van der Waals surface area (Å²) in [5, 5.41) is 0.875. The second-order valence-corrected chi connectivity index (χ2v) is 5.39. The SMILES string of the molecule is O=C(/C=C/c1cccc(Cl)c1Cl)OCCCc1ccncc1. The van der Waals surface area contributed by atoms with Crippen LogP contribution in [0, 0.1) is 0 Å². The Morgan fingerprint density at radius 2 is 1.95 bits per heavy atom. The molecule has 5 heteroatoms. The molecule has 0 aliphatic rings. The van der Waals surface area contributed by atoms with Crippen LogP contribution in [-0.4, -0.2) is 17.6 Å². The van der Waals surface area contributed by atoms with Gasteiger partial charge in [-0.1, -0.05) is 35.3 Å². The molecule has 0 amide bonds. The molecule has 0 bridgehead atoms. The minimum Gasteiger partial charge on any atom is -0.463 e. The van der Waals surface area contributed by atoms with Gasteiger partial charge in [0, 0.05) is 18.5 Å². The fraction of sp³-hybridized carbons (Fsp3) is 0.176. The molecule has 0 fully saturated rings. The van der Waals surface area contributed by atoms with Crippen LogP contribution in [0.5, 0.6) is 0 Å². The summed E-state index contributed by atoms with van der Waals surface area (Å²) >= 11 is 11.9. The van der Waals surface area contributed by atoms with Crippen molar-refractivity contribution in [1.29, 1.82) is 0 Å². The van der Waals surface area contributed by atoms with Gasteiger partial charge in [0.05, 0.1) is 16.7 Å². The smallest absolute Gasteiger partial charge is 0.330 e. The molecule has 2 rings (SSSR count). The van der Waals surface area contributed by atoms with Crippen molar-refractivity contribution in [3.8, 4) is 0 Å². The molecule has 0 unspecified atom stereocenters. The molecule has 0 aliphatic carbocycles. The van der Waals surface area contributed by atoms with E-state index in [0.717, 1.165) is 12.8 Å². The maximum atomic E-state index is 11.6. The zero-order valence-corrected chi connectivity index (χ0v) is 13.3. The molecule has 22 heavy (non-hydrogen) atoms. The van der Waals surface area contributed by atoms with Gasteiger partial charge >= 0.3 is 5.97 Å². The van der Waals surface area contributed by atoms with Gasteiger partial charge < -0.3 is 4.74 Å². The number of benzene rings is 1. The Balaban J connectivity index is 1.76. The first-order valence-corrected chi connectivity index (χ1v) is 7.60. The Bertz CT molecular complexity index is 657. The molecule has 0 atom stereocenters. The van der Waals surface area contributed by atoms with E-state index in [1.54, 1.807) is 36.7 Å². The van der Waals surface area contributed by atoms with Gasteiger partial charge in [0.2, 0.25) is 0 Å². The lowest BCUT2D eigenvalue weighted by Crippen LogP contribution is -2.03. The van der Waals surface area contributed by atoms with Crippen LogP contribution in [0.3, 0.4) is 0 Å². The van der Waals surface area contributed by atoms with Crippen LogP contribution in [0.25, 0.3) is 6.08 Å². The lowest BCUT2D eigenvalue weighted by molar-refractivity contribution is -0.137. The van der Waals surface area contributed by atoms with Crippen molar-refractivity contribution in [1.82, 2.24) is 4.98 Å². The molecule has 1 aromatic carbocycles. The van der Waals surface area contributed by atoms with Crippen LogP contribution in [0.1, 0.15) is 17.5 Å². The topological polar surface area (TPSA) is 39.2 Å². The quantitative estimate of drug-likeness (QED) is 0.440. The first kappa shape index (κ1) is 16.5. The summed E-state index contributed by atoms with van der Waals surface area (Å²) < 4.78 is 5.14. The summed E-state index contributed by atoms with van der Waals surface area (Å²) in [5.41, 5.74) is 1.86. The van der Waals surface area contributed by atoms with E-state index in [2.05, 4.69) is 4.98 Å². The highest BCUT2D eigenvalue weighted by Crippen LogP contribution is 2.26. The average Bonchev–Trinajstić information content (AvgIpc) is 2.54.